The number of rotatable bonds is 3. The average molecular weight is 380 g/mol. The summed E-state index contributed by atoms with van der Waals surface area (Å²) in [6, 6.07) is 13.6. The maximum absolute atomic E-state index is 12.6. The highest BCUT2D eigenvalue weighted by Gasteiger charge is 2.14. The fourth-order valence-electron chi connectivity index (χ4n) is 2.86. The molecular formula is C20H14ClN3O3. The predicted molar refractivity (Wildman–Crippen MR) is 102 cm³/mol. The molecule has 1 aromatic carbocycles. The number of carbonyl (C=O) groups is 1. The number of halogens is 1. The highest BCUT2D eigenvalue weighted by atomic mass is 35.5. The normalized spacial score (nSPS) is 11.0. The summed E-state index contributed by atoms with van der Waals surface area (Å²) < 4.78 is 6.82. The number of aromatic nitrogens is 3. The molecule has 4 aromatic rings. The molecule has 3 heterocycles. The second kappa shape index (κ2) is 6.81. The van der Waals surface area contributed by atoms with E-state index in [1.54, 1.807) is 24.4 Å². The van der Waals surface area contributed by atoms with Gasteiger partial charge in [-0.15, -0.1) is 0 Å². The van der Waals surface area contributed by atoms with Crippen LogP contribution >= 0.6 is 11.6 Å². The Balaban J connectivity index is 1.63. The molecule has 0 aliphatic heterocycles. The SMILES string of the molecule is Cc1ccc2nc(COC(=O)c3cc(Cl)nc4ccccc34)cc(=O)n2c1. The highest BCUT2D eigenvalue weighted by Crippen LogP contribution is 2.21. The first-order valence-corrected chi connectivity index (χ1v) is 8.60. The number of hydrogen-bond acceptors (Lipinski definition) is 5. The van der Waals surface area contributed by atoms with Crippen LogP contribution in [0.2, 0.25) is 5.15 Å². The molecule has 0 spiro atoms. The van der Waals surface area contributed by atoms with Crippen LogP contribution in [0.3, 0.4) is 0 Å². The van der Waals surface area contributed by atoms with E-state index in [4.69, 9.17) is 16.3 Å². The third-order valence-corrected chi connectivity index (χ3v) is 4.31. The van der Waals surface area contributed by atoms with Gasteiger partial charge in [-0.1, -0.05) is 35.9 Å². The van der Waals surface area contributed by atoms with Gasteiger partial charge < -0.3 is 4.74 Å². The second-order valence-electron chi connectivity index (χ2n) is 6.11. The Hall–Kier alpha value is -3.25. The van der Waals surface area contributed by atoms with Crippen molar-refractivity contribution in [2.75, 3.05) is 0 Å². The van der Waals surface area contributed by atoms with Crippen LogP contribution in [0.4, 0.5) is 0 Å². The predicted octanol–water partition coefficient (Wildman–Crippen LogP) is 3.56. The van der Waals surface area contributed by atoms with Crippen molar-refractivity contribution < 1.29 is 9.53 Å². The molecule has 0 saturated carbocycles. The first-order valence-electron chi connectivity index (χ1n) is 8.22. The average Bonchev–Trinajstić information content (AvgIpc) is 2.66. The van der Waals surface area contributed by atoms with Crippen LogP contribution in [0.1, 0.15) is 21.6 Å². The summed E-state index contributed by atoms with van der Waals surface area (Å²) in [4.78, 5) is 33.4. The Morgan fingerprint density at radius 1 is 1.15 bits per heavy atom. The lowest BCUT2D eigenvalue weighted by molar-refractivity contribution is 0.0470. The van der Waals surface area contributed by atoms with Gasteiger partial charge in [0.2, 0.25) is 0 Å². The Kier molecular flexibility index (Phi) is 4.33. The molecule has 0 bridgehead atoms. The third kappa shape index (κ3) is 3.39. The molecule has 7 heteroatoms. The fraction of sp³-hybridized carbons (Fsp3) is 0.100. The van der Waals surface area contributed by atoms with Crippen LogP contribution in [0.15, 0.2) is 59.5 Å². The number of esters is 1. The summed E-state index contributed by atoms with van der Waals surface area (Å²) >= 11 is 6.01. The number of hydrogen-bond donors (Lipinski definition) is 0. The number of para-hydroxylation sites is 1. The van der Waals surface area contributed by atoms with Crippen LogP contribution < -0.4 is 5.56 Å². The van der Waals surface area contributed by atoms with Gasteiger partial charge in [0.15, 0.2) is 0 Å². The lowest BCUT2D eigenvalue weighted by atomic mass is 10.1. The first-order chi connectivity index (χ1) is 13.0. The van der Waals surface area contributed by atoms with Crippen LogP contribution in [0, 0.1) is 6.92 Å². The van der Waals surface area contributed by atoms with Crippen LogP contribution in [0.25, 0.3) is 16.6 Å². The zero-order valence-electron chi connectivity index (χ0n) is 14.3. The van der Waals surface area contributed by atoms with Gasteiger partial charge in [-0.25, -0.2) is 14.8 Å². The van der Waals surface area contributed by atoms with Crippen molar-refractivity contribution in [1.82, 2.24) is 14.4 Å². The number of nitrogens with zero attached hydrogens (tertiary/aromatic N) is 3. The summed E-state index contributed by atoms with van der Waals surface area (Å²) in [6.45, 7) is 1.78. The molecule has 0 aliphatic carbocycles. The largest absolute Gasteiger partial charge is 0.456 e. The molecule has 6 nitrogen and oxygen atoms in total. The molecule has 0 radical (unpaired) electrons. The second-order valence-corrected chi connectivity index (χ2v) is 6.49. The number of ether oxygens (including phenoxy) is 1. The minimum absolute atomic E-state index is 0.118. The van der Waals surface area contributed by atoms with Crippen LogP contribution in [-0.2, 0) is 11.3 Å². The molecular weight excluding hydrogens is 366 g/mol. The fourth-order valence-corrected chi connectivity index (χ4v) is 3.06. The molecule has 4 rings (SSSR count). The van der Waals surface area contributed by atoms with Crippen molar-refractivity contribution in [3.05, 3.63) is 87.1 Å². The van der Waals surface area contributed by atoms with E-state index in [0.29, 0.717) is 27.8 Å². The molecule has 0 N–H and O–H groups in total. The summed E-state index contributed by atoms with van der Waals surface area (Å²) in [6.07, 6.45) is 1.71. The minimum atomic E-state index is -0.554. The van der Waals surface area contributed by atoms with E-state index in [9.17, 15) is 9.59 Å². The van der Waals surface area contributed by atoms with Gasteiger partial charge >= 0.3 is 5.97 Å². The Labute approximate surface area is 159 Å². The zero-order valence-corrected chi connectivity index (χ0v) is 15.1. The van der Waals surface area contributed by atoms with Crippen molar-refractivity contribution in [3.63, 3.8) is 0 Å². The summed E-state index contributed by atoms with van der Waals surface area (Å²) in [5.74, 6) is -0.554. The number of fused-ring (bicyclic) bond motifs is 2. The summed E-state index contributed by atoms with van der Waals surface area (Å²) in [5.41, 5.74) is 2.52. The van der Waals surface area contributed by atoms with Gasteiger partial charge in [0.1, 0.15) is 17.4 Å². The smallest absolute Gasteiger partial charge is 0.339 e. The van der Waals surface area contributed by atoms with Crippen molar-refractivity contribution in [2.45, 2.75) is 13.5 Å². The van der Waals surface area contributed by atoms with E-state index in [2.05, 4.69) is 9.97 Å². The Morgan fingerprint density at radius 3 is 2.81 bits per heavy atom. The van der Waals surface area contributed by atoms with Crippen LogP contribution in [0.5, 0.6) is 0 Å². The van der Waals surface area contributed by atoms with Gasteiger partial charge in [-0.05, 0) is 30.7 Å². The molecule has 0 fully saturated rings. The van der Waals surface area contributed by atoms with Gasteiger partial charge in [0.05, 0.1) is 16.8 Å². The van der Waals surface area contributed by atoms with Gasteiger partial charge in [-0.2, -0.15) is 0 Å². The highest BCUT2D eigenvalue weighted by molar-refractivity contribution is 6.30. The van der Waals surface area contributed by atoms with Crippen molar-refractivity contribution in [1.29, 1.82) is 0 Å². The number of aryl methyl sites for hydroxylation is 1. The maximum atomic E-state index is 12.6. The van der Waals surface area contributed by atoms with E-state index in [-0.39, 0.29) is 17.3 Å². The molecule has 134 valence electrons. The molecule has 0 atom stereocenters. The molecule has 0 saturated heterocycles. The molecule has 3 aromatic heterocycles. The number of benzene rings is 1. The van der Waals surface area contributed by atoms with E-state index >= 15 is 0 Å². The van der Waals surface area contributed by atoms with Crippen molar-refractivity contribution >= 4 is 34.1 Å². The van der Waals surface area contributed by atoms with E-state index < -0.39 is 5.97 Å². The van der Waals surface area contributed by atoms with Gasteiger partial charge in [0.25, 0.3) is 5.56 Å². The lowest BCUT2D eigenvalue weighted by Crippen LogP contribution is -2.17. The Bertz CT molecular complexity index is 1250. The monoisotopic (exact) mass is 379 g/mol. The molecule has 27 heavy (non-hydrogen) atoms. The quantitative estimate of drug-likeness (QED) is 0.402. The summed E-state index contributed by atoms with van der Waals surface area (Å²) in [7, 11) is 0. The summed E-state index contributed by atoms with van der Waals surface area (Å²) in [5, 5.41) is 0.854. The molecule has 0 unspecified atom stereocenters. The first kappa shape index (κ1) is 17.2. The number of carbonyl (C=O) groups excluding carboxylic acids is 1. The Morgan fingerprint density at radius 2 is 1.96 bits per heavy atom. The van der Waals surface area contributed by atoms with E-state index in [1.165, 1.54) is 16.5 Å². The molecule has 0 aliphatic rings. The number of pyridine rings is 2. The van der Waals surface area contributed by atoms with E-state index in [1.807, 2.05) is 25.1 Å². The van der Waals surface area contributed by atoms with E-state index in [0.717, 1.165) is 5.56 Å². The van der Waals surface area contributed by atoms with Gasteiger partial charge in [-0.3, -0.25) is 9.20 Å². The lowest BCUT2D eigenvalue weighted by Gasteiger charge is -2.08. The standard InChI is InChI=1S/C20H14ClN3O3/c1-12-6-7-18-22-13(8-19(25)24(18)10-12)11-27-20(26)15-9-17(21)23-16-5-3-2-4-14(15)16/h2-10H,11H2,1H3. The molecule has 0 amide bonds. The van der Waals surface area contributed by atoms with Crippen molar-refractivity contribution in [2.24, 2.45) is 0 Å². The van der Waals surface area contributed by atoms with Gasteiger partial charge in [0, 0.05) is 17.6 Å². The van der Waals surface area contributed by atoms with Crippen molar-refractivity contribution in [3.8, 4) is 0 Å². The zero-order chi connectivity index (χ0) is 19.0. The van der Waals surface area contributed by atoms with Crippen LogP contribution in [-0.4, -0.2) is 20.3 Å². The minimum Gasteiger partial charge on any atom is -0.456 e. The third-order valence-electron chi connectivity index (χ3n) is 4.12. The maximum Gasteiger partial charge on any atom is 0.339 e. The topological polar surface area (TPSA) is 73.6 Å².